The van der Waals surface area contributed by atoms with Gasteiger partial charge in [0.2, 0.25) is 0 Å². The zero-order valence-electron chi connectivity index (χ0n) is 13.8. The van der Waals surface area contributed by atoms with Crippen molar-refractivity contribution < 1.29 is 27.2 Å². The fourth-order valence-electron chi connectivity index (χ4n) is 2.26. The smallest absolute Gasteiger partial charge is 0.416 e. The average Bonchev–Trinajstić information content (AvgIpc) is 3.04. The van der Waals surface area contributed by atoms with Crippen LogP contribution in [0.15, 0.2) is 53.1 Å². The number of benzene rings is 2. The van der Waals surface area contributed by atoms with Crippen LogP contribution >= 0.6 is 0 Å². The van der Waals surface area contributed by atoms with Crippen LogP contribution in [0.4, 0.5) is 13.2 Å². The van der Waals surface area contributed by atoms with Gasteiger partial charge in [0, 0.05) is 5.56 Å². The molecule has 0 saturated carbocycles. The summed E-state index contributed by atoms with van der Waals surface area (Å²) in [5, 5.41) is 3.65. The quantitative estimate of drug-likeness (QED) is 0.642. The van der Waals surface area contributed by atoms with Crippen molar-refractivity contribution in [1.29, 1.82) is 0 Å². The van der Waals surface area contributed by atoms with Crippen LogP contribution in [0.5, 0.6) is 11.5 Å². The van der Waals surface area contributed by atoms with Gasteiger partial charge < -0.3 is 14.0 Å². The van der Waals surface area contributed by atoms with E-state index in [0.717, 1.165) is 6.07 Å². The van der Waals surface area contributed by atoms with E-state index >= 15 is 0 Å². The molecule has 0 unspecified atom stereocenters. The number of halogens is 3. The molecule has 8 heteroatoms. The molecule has 0 fully saturated rings. The summed E-state index contributed by atoms with van der Waals surface area (Å²) >= 11 is 0. The van der Waals surface area contributed by atoms with Gasteiger partial charge >= 0.3 is 6.18 Å². The Labute approximate surface area is 147 Å². The van der Waals surface area contributed by atoms with Crippen molar-refractivity contribution in [3.8, 4) is 11.5 Å². The van der Waals surface area contributed by atoms with Crippen LogP contribution in [-0.4, -0.2) is 10.1 Å². The zero-order valence-corrected chi connectivity index (χ0v) is 13.8. The van der Waals surface area contributed by atoms with Gasteiger partial charge in [-0.3, -0.25) is 0 Å². The van der Waals surface area contributed by atoms with Crippen molar-refractivity contribution in [3.63, 3.8) is 0 Å². The van der Waals surface area contributed by atoms with Crippen LogP contribution in [-0.2, 0) is 19.4 Å². The highest BCUT2D eigenvalue weighted by Crippen LogP contribution is 2.32. The first-order valence-corrected chi connectivity index (χ1v) is 7.72. The van der Waals surface area contributed by atoms with Crippen LogP contribution in [0.1, 0.15) is 22.8 Å². The molecule has 0 aliphatic carbocycles. The third-order valence-corrected chi connectivity index (χ3v) is 3.47. The Morgan fingerprint density at radius 3 is 2.12 bits per heavy atom. The van der Waals surface area contributed by atoms with Crippen LogP contribution < -0.4 is 9.47 Å². The Morgan fingerprint density at radius 1 is 0.923 bits per heavy atom. The molecular formula is C18H15F3N2O3. The molecule has 0 spiro atoms. The Hall–Kier alpha value is -3.03. The molecule has 0 N–H and O–H groups in total. The van der Waals surface area contributed by atoms with E-state index in [1.165, 1.54) is 12.1 Å². The summed E-state index contributed by atoms with van der Waals surface area (Å²) in [6, 6.07) is 11.9. The molecule has 136 valence electrons. The molecule has 3 aromatic rings. The molecule has 26 heavy (non-hydrogen) atoms. The Bertz CT molecular complexity index is 861. The molecule has 0 aliphatic rings. The number of aromatic nitrogens is 2. The number of hydrogen-bond donors (Lipinski definition) is 0. The summed E-state index contributed by atoms with van der Waals surface area (Å²) in [6.45, 7) is 1.65. The highest BCUT2D eigenvalue weighted by Gasteiger charge is 2.32. The topological polar surface area (TPSA) is 57.4 Å². The maximum absolute atomic E-state index is 13.0. The van der Waals surface area contributed by atoms with Crippen molar-refractivity contribution in [2.45, 2.75) is 26.3 Å². The third kappa shape index (κ3) is 4.53. The van der Waals surface area contributed by atoms with Gasteiger partial charge in [0.25, 0.3) is 5.89 Å². The Kier molecular flexibility index (Phi) is 5.11. The molecule has 1 aromatic heterocycles. The first-order chi connectivity index (χ1) is 12.4. The molecule has 5 nitrogen and oxygen atoms in total. The monoisotopic (exact) mass is 364 g/mol. The molecule has 3 rings (SSSR count). The SMILES string of the molecule is Cc1noc(COc2ccc(OCc3ccccc3C(F)(F)F)cc2)n1. The maximum Gasteiger partial charge on any atom is 0.416 e. The predicted octanol–water partition coefficient (Wildman–Crippen LogP) is 4.55. The average molecular weight is 364 g/mol. The van der Waals surface area contributed by atoms with Crippen molar-refractivity contribution >= 4 is 0 Å². The van der Waals surface area contributed by atoms with Crippen LogP contribution in [0, 0.1) is 6.92 Å². The maximum atomic E-state index is 13.0. The fraction of sp³-hybridized carbons (Fsp3) is 0.222. The van der Waals surface area contributed by atoms with E-state index in [2.05, 4.69) is 10.1 Å². The lowest BCUT2D eigenvalue weighted by atomic mass is 10.1. The molecule has 0 aliphatic heterocycles. The molecule has 0 amide bonds. The van der Waals surface area contributed by atoms with Crippen LogP contribution in [0.25, 0.3) is 0 Å². The van der Waals surface area contributed by atoms with Crippen molar-refractivity contribution in [1.82, 2.24) is 10.1 Å². The van der Waals surface area contributed by atoms with E-state index < -0.39 is 11.7 Å². The third-order valence-electron chi connectivity index (χ3n) is 3.47. The van der Waals surface area contributed by atoms with E-state index in [-0.39, 0.29) is 18.8 Å². The first-order valence-electron chi connectivity index (χ1n) is 7.72. The van der Waals surface area contributed by atoms with Crippen molar-refractivity contribution in [2.24, 2.45) is 0 Å². The van der Waals surface area contributed by atoms with E-state index in [9.17, 15) is 13.2 Å². The van der Waals surface area contributed by atoms with Gasteiger partial charge in [-0.05, 0) is 37.3 Å². The Morgan fingerprint density at radius 2 is 1.54 bits per heavy atom. The van der Waals surface area contributed by atoms with Gasteiger partial charge in [0.1, 0.15) is 18.1 Å². The van der Waals surface area contributed by atoms with Gasteiger partial charge in [-0.15, -0.1) is 0 Å². The molecule has 0 atom stereocenters. The fourth-order valence-corrected chi connectivity index (χ4v) is 2.26. The molecule has 0 radical (unpaired) electrons. The minimum atomic E-state index is -4.41. The largest absolute Gasteiger partial charge is 0.489 e. The number of nitrogens with zero attached hydrogens (tertiary/aromatic N) is 2. The van der Waals surface area contributed by atoms with E-state index in [4.69, 9.17) is 14.0 Å². The van der Waals surface area contributed by atoms with E-state index in [1.54, 1.807) is 37.3 Å². The molecule has 0 saturated heterocycles. The summed E-state index contributed by atoms with van der Waals surface area (Å²) in [7, 11) is 0. The van der Waals surface area contributed by atoms with E-state index in [1.807, 2.05) is 0 Å². The number of alkyl halides is 3. The molecular weight excluding hydrogens is 349 g/mol. The summed E-state index contributed by atoms with van der Waals surface area (Å²) in [5.41, 5.74) is -0.623. The van der Waals surface area contributed by atoms with Crippen molar-refractivity contribution in [2.75, 3.05) is 0 Å². The number of ether oxygens (including phenoxy) is 2. The standard InChI is InChI=1S/C18H15F3N2O3/c1-12-22-17(26-23-12)11-25-15-8-6-14(7-9-15)24-10-13-4-2-3-5-16(13)18(19,20)21/h2-9H,10-11H2,1H3. The molecule has 0 bridgehead atoms. The number of hydrogen-bond acceptors (Lipinski definition) is 5. The highest BCUT2D eigenvalue weighted by atomic mass is 19.4. The van der Waals surface area contributed by atoms with Gasteiger partial charge in [-0.25, -0.2) is 0 Å². The van der Waals surface area contributed by atoms with Gasteiger partial charge in [0.15, 0.2) is 12.4 Å². The van der Waals surface area contributed by atoms with Gasteiger partial charge in [-0.2, -0.15) is 18.2 Å². The first kappa shape index (κ1) is 17.8. The Balaban J connectivity index is 1.58. The van der Waals surface area contributed by atoms with E-state index in [0.29, 0.717) is 23.2 Å². The zero-order chi connectivity index (χ0) is 18.6. The highest BCUT2D eigenvalue weighted by molar-refractivity contribution is 5.33. The van der Waals surface area contributed by atoms with Crippen LogP contribution in [0.2, 0.25) is 0 Å². The van der Waals surface area contributed by atoms with Gasteiger partial charge in [0.05, 0.1) is 5.56 Å². The normalized spacial score (nSPS) is 11.4. The second kappa shape index (κ2) is 7.47. The minimum absolute atomic E-state index is 0.0760. The lowest BCUT2D eigenvalue weighted by Crippen LogP contribution is -2.10. The summed E-state index contributed by atoms with van der Waals surface area (Å²) in [6.07, 6.45) is -4.41. The number of aryl methyl sites for hydroxylation is 1. The lowest BCUT2D eigenvalue weighted by Gasteiger charge is -2.13. The molecule has 1 heterocycles. The van der Waals surface area contributed by atoms with Gasteiger partial charge in [-0.1, -0.05) is 23.4 Å². The van der Waals surface area contributed by atoms with Crippen LogP contribution in [0.3, 0.4) is 0 Å². The summed E-state index contributed by atoms with van der Waals surface area (Å²) < 4.78 is 54.8. The second-order valence-electron chi connectivity index (χ2n) is 5.44. The number of rotatable bonds is 6. The lowest BCUT2D eigenvalue weighted by molar-refractivity contribution is -0.138. The summed E-state index contributed by atoms with van der Waals surface area (Å²) in [4.78, 5) is 4.01. The predicted molar refractivity (Wildman–Crippen MR) is 85.6 cm³/mol. The minimum Gasteiger partial charge on any atom is -0.489 e. The summed E-state index contributed by atoms with van der Waals surface area (Å²) in [5.74, 6) is 1.85. The second-order valence-corrected chi connectivity index (χ2v) is 5.44. The molecule has 2 aromatic carbocycles. The van der Waals surface area contributed by atoms with Crippen molar-refractivity contribution in [3.05, 3.63) is 71.4 Å².